The van der Waals surface area contributed by atoms with Crippen molar-refractivity contribution in [2.75, 3.05) is 0 Å². The summed E-state index contributed by atoms with van der Waals surface area (Å²) in [6.45, 7) is 4.16. The summed E-state index contributed by atoms with van der Waals surface area (Å²) in [5, 5.41) is 20.0. The molecule has 0 aliphatic rings. The Bertz CT molecular complexity index is 517. The minimum atomic E-state index is 0.130. The van der Waals surface area contributed by atoms with Gasteiger partial charge in [0.1, 0.15) is 11.5 Å². The van der Waals surface area contributed by atoms with E-state index < -0.39 is 0 Å². The highest BCUT2D eigenvalue weighted by atomic mass is 16.3. The van der Waals surface area contributed by atoms with Gasteiger partial charge in [0.05, 0.1) is 5.56 Å². The van der Waals surface area contributed by atoms with Gasteiger partial charge in [0, 0.05) is 0 Å². The summed E-state index contributed by atoms with van der Waals surface area (Å²) >= 11 is 0. The normalized spacial score (nSPS) is 10.6. The van der Waals surface area contributed by atoms with Gasteiger partial charge >= 0.3 is 0 Å². The van der Waals surface area contributed by atoms with Crippen molar-refractivity contribution in [2.24, 2.45) is 0 Å². The van der Waals surface area contributed by atoms with Gasteiger partial charge in [-0.25, -0.2) is 0 Å². The second-order valence-electron chi connectivity index (χ2n) is 4.33. The number of phenols is 2. The molecular formula is C16H18O2. The van der Waals surface area contributed by atoms with Gasteiger partial charge in [-0.15, -0.1) is 0 Å². The van der Waals surface area contributed by atoms with Crippen LogP contribution in [-0.2, 0) is 12.8 Å². The van der Waals surface area contributed by atoms with Crippen LogP contribution < -0.4 is 0 Å². The molecule has 0 aromatic heterocycles. The van der Waals surface area contributed by atoms with Gasteiger partial charge < -0.3 is 10.2 Å². The van der Waals surface area contributed by atoms with E-state index in [-0.39, 0.29) is 11.5 Å². The lowest BCUT2D eigenvalue weighted by Crippen LogP contribution is -1.95. The van der Waals surface area contributed by atoms with Crippen molar-refractivity contribution in [1.29, 1.82) is 0 Å². The predicted molar refractivity (Wildman–Crippen MR) is 74.0 cm³/mol. The second-order valence-corrected chi connectivity index (χ2v) is 4.33. The molecule has 0 atom stereocenters. The van der Waals surface area contributed by atoms with Crippen molar-refractivity contribution in [1.82, 2.24) is 0 Å². The van der Waals surface area contributed by atoms with Gasteiger partial charge in [-0.1, -0.05) is 38.1 Å². The molecule has 18 heavy (non-hydrogen) atoms. The van der Waals surface area contributed by atoms with E-state index in [1.165, 1.54) is 0 Å². The minimum absolute atomic E-state index is 0.130. The summed E-state index contributed by atoms with van der Waals surface area (Å²) in [7, 11) is 0. The van der Waals surface area contributed by atoms with Gasteiger partial charge in [-0.2, -0.15) is 0 Å². The van der Waals surface area contributed by atoms with Crippen LogP contribution in [-0.4, -0.2) is 10.2 Å². The first-order valence-corrected chi connectivity index (χ1v) is 6.31. The van der Waals surface area contributed by atoms with E-state index in [0.717, 1.165) is 29.5 Å². The van der Waals surface area contributed by atoms with Crippen molar-refractivity contribution in [3.63, 3.8) is 0 Å². The highest BCUT2D eigenvalue weighted by Crippen LogP contribution is 2.40. The molecule has 0 aliphatic carbocycles. The van der Waals surface area contributed by atoms with E-state index in [2.05, 4.69) is 13.8 Å². The predicted octanol–water partition coefficient (Wildman–Crippen LogP) is 3.89. The summed E-state index contributed by atoms with van der Waals surface area (Å²) in [6, 6.07) is 11.0. The summed E-state index contributed by atoms with van der Waals surface area (Å²) < 4.78 is 0. The number of hydrogen-bond acceptors (Lipinski definition) is 2. The highest BCUT2D eigenvalue weighted by Gasteiger charge is 2.15. The Morgan fingerprint density at radius 2 is 1.17 bits per heavy atom. The molecule has 0 fully saturated rings. The van der Waals surface area contributed by atoms with Crippen molar-refractivity contribution in [2.45, 2.75) is 26.7 Å². The van der Waals surface area contributed by atoms with E-state index in [4.69, 9.17) is 0 Å². The van der Waals surface area contributed by atoms with Gasteiger partial charge in [0.15, 0.2) is 0 Å². The topological polar surface area (TPSA) is 40.5 Å². The monoisotopic (exact) mass is 242 g/mol. The average molecular weight is 242 g/mol. The first-order valence-electron chi connectivity index (χ1n) is 6.31. The van der Waals surface area contributed by atoms with Crippen molar-refractivity contribution in [3.05, 3.63) is 47.5 Å². The third-order valence-corrected chi connectivity index (χ3v) is 3.27. The van der Waals surface area contributed by atoms with Crippen molar-refractivity contribution in [3.8, 4) is 22.6 Å². The molecule has 0 saturated heterocycles. The maximum Gasteiger partial charge on any atom is 0.127 e. The third-order valence-electron chi connectivity index (χ3n) is 3.27. The summed E-state index contributed by atoms with van der Waals surface area (Å²) in [6.07, 6.45) is 1.74. The molecule has 0 saturated carbocycles. The van der Waals surface area contributed by atoms with Crippen LogP contribution in [0.1, 0.15) is 25.0 Å². The molecule has 2 N–H and O–H groups in total. The third kappa shape index (κ3) is 2.06. The number of rotatable bonds is 3. The number of hydrogen-bond donors (Lipinski definition) is 2. The molecule has 0 unspecified atom stereocenters. The van der Waals surface area contributed by atoms with Crippen molar-refractivity contribution < 1.29 is 10.2 Å². The standard InChI is InChI=1S/C16H18O2/c1-3-11-7-5-8-12(4-2)15(11)16-13(17)9-6-10-14(16)18/h5-10,17-18H,3-4H2,1-2H3. The number of aromatic hydroxyl groups is 2. The smallest absolute Gasteiger partial charge is 0.127 e. The number of benzene rings is 2. The van der Waals surface area contributed by atoms with Crippen LogP contribution >= 0.6 is 0 Å². The molecule has 0 spiro atoms. The molecule has 2 heteroatoms. The molecule has 2 rings (SSSR count). The quantitative estimate of drug-likeness (QED) is 0.857. The lowest BCUT2D eigenvalue weighted by molar-refractivity contribution is 0.454. The van der Waals surface area contributed by atoms with Gasteiger partial charge in [-0.05, 0) is 41.7 Å². The molecule has 0 heterocycles. The Kier molecular flexibility index (Phi) is 3.56. The molecule has 0 amide bonds. The minimum Gasteiger partial charge on any atom is -0.507 e. The van der Waals surface area contributed by atoms with Gasteiger partial charge in [0.25, 0.3) is 0 Å². The van der Waals surface area contributed by atoms with Crippen LogP contribution in [0.25, 0.3) is 11.1 Å². The first kappa shape index (κ1) is 12.5. The van der Waals surface area contributed by atoms with Crippen LogP contribution in [0, 0.1) is 0 Å². The maximum absolute atomic E-state index is 10.0. The van der Waals surface area contributed by atoms with Gasteiger partial charge in [0.2, 0.25) is 0 Å². The Morgan fingerprint density at radius 3 is 1.61 bits per heavy atom. The van der Waals surface area contributed by atoms with Gasteiger partial charge in [-0.3, -0.25) is 0 Å². The van der Waals surface area contributed by atoms with E-state index in [9.17, 15) is 10.2 Å². The van der Waals surface area contributed by atoms with Crippen LogP contribution in [0.5, 0.6) is 11.5 Å². The molecule has 2 nitrogen and oxygen atoms in total. The summed E-state index contributed by atoms with van der Waals surface area (Å²) in [5.74, 6) is 0.260. The fourth-order valence-corrected chi connectivity index (χ4v) is 2.35. The Hall–Kier alpha value is -1.96. The fourth-order valence-electron chi connectivity index (χ4n) is 2.35. The Labute approximate surface area is 108 Å². The largest absolute Gasteiger partial charge is 0.507 e. The lowest BCUT2D eigenvalue weighted by atomic mass is 9.91. The van der Waals surface area contributed by atoms with E-state index in [0.29, 0.717) is 5.56 Å². The number of phenolic OH excluding ortho intramolecular Hbond substituents is 2. The first-order chi connectivity index (χ1) is 8.69. The highest BCUT2D eigenvalue weighted by molar-refractivity contribution is 5.81. The Balaban J connectivity index is 2.77. The average Bonchev–Trinajstić information content (AvgIpc) is 2.38. The molecule has 0 aliphatic heterocycles. The maximum atomic E-state index is 10.0. The molecular weight excluding hydrogens is 224 g/mol. The van der Waals surface area contributed by atoms with Crippen LogP contribution in [0.2, 0.25) is 0 Å². The fraction of sp³-hybridized carbons (Fsp3) is 0.250. The molecule has 94 valence electrons. The summed E-state index contributed by atoms with van der Waals surface area (Å²) in [5.41, 5.74) is 3.81. The van der Waals surface area contributed by atoms with Crippen LogP contribution in [0.4, 0.5) is 0 Å². The lowest BCUT2D eigenvalue weighted by Gasteiger charge is -2.15. The zero-order chi connectivity index (χ0) is 13.1. The molecule has 0 radical (unpaired) electrons. The number of aryl methyl sites for hydroxylation is 2. The van der Waals surface area contributed by atoms with E-state index >= 15 is 0 Å². The molecule has 2 aromatic rings. The Morgan fingerprint density at radius 1 is 0.722 bits per heavy atom. The van der Waals surface area contributed by atoms with Crippen molar-refractivity contribution >= 4 is 0 Å². The van der Waals surface area contributed by atoms with E-state index in [1.54, 1.807) is 18.2 Å². The SMILES string of the molecule is CCc1cccc(CC)c1-c1c(O)cccc1O. The van der Waals surface area contributed by atoms with Crippen LogP contribution in [0.3, 0.4) is 0 Å². The second kappa shape index (κ2) is 5.13. The zero-order valence-corrected chi connectivity index (χ0v) is 10.8. The van der Waals surface area contributed by atoms with Crippen LogP contribution in [0.15, 0.2) is 36.4 Å². The zero-order valence-electron chi connectivity index (χ0n) is 10.8. The molecule has 2 aromatic carbocycles. The van der Waals surface area contributed by atoms with E-state index in [1.807, 2.05) is 18.2 Å². The summed E-state index contributed by atoms with van der Waals surface area (Å²) in [4.78, 5) is 0. The molecule has 0 bridgehead atoms.